The first kappa shape index (κ1) is 18.8. The summed E-state index contributed by atoms with van der Waals surface area (Å²) >= 11 is 1.04. The predicted molar refractivity (Wildman–Crippen MR) is 86.2 cm³/mol. The van der Waals surface area contributed by atoms with Gasteiger partial charge in [-0.1, -0.05) is 45.4 Å². The minimum Gasteiger partial charge on any atom is -0.453 e. The van der Waals surface area contributed by atoms with Crippen molar-refractivity contribution in [2.45, 2.75) is 70.0 Å². The summed E-state index contributed by atoms with van der Waals surface area (Å²) in [5.41, 5.74) is 0. The molecule has 0 N–H and O–H groups in total. The van der Waals surface area contributed by atoms with Crippen molar-refractivity contribution >= 4 is 27.9 Å². The van der Waals surface area contributed by atoms with Crippen LogP contribution in [0.3, 0.4) is 0 Å². The minimum absolute atomic E-state index is 0.0507. The Labute approximate surface area is 133 Å². The molecule has 5 nitrogen and oxygen atoms in total. The highest BCUT2D eigenvalue weighted by molar-refractivity contribution is 8.08. The molecule has 0 spiro atoms. The van der Waals surface area contributed by atoms with E-state index in [0.717, 1.165) is 50.5 Å². The summed E-state index contributed by atoms with van der Waals surface area (Å²) in [6.45, 7) is 1.71. The molecular formula is C14H27NO4S2. The van der Waals surface area contributed by atoms with E-state index in [-0.39, 0.29) is 17.2 Å². The van der Waals surface area contributed by atoms with E-state index in [4.69, 9.17) is 4.74 Å². The molecule has 1 fully saturated rings. The highest BCUT2D eigenvalue weighted by Gasteiger charge is 2.30. The summed E-state index contributed by atoms with van der Waals surface area (Å²) in [7, 11) is -1.77. The van der Waals surface area contributed by atoms with Gasteiger partial charge in [0.25, 0.3) is 0 Å². The largest absolute Gasteiger partial charge is 0.453 e. The van der Waals surface area contributed by atoms with Crippen LogP contribution in [-0.4, -0.2) is 36.3 Å². The third kappa shape index (κ3) is 6.57. The van der Waals surface area contributed by atoms with Gasteiger partial charge in [0, 0.05) is 13.5 Å². The van der Waals surface area contributed by atoms with E-state index >= 15 is 0 Å². The molecule has 1 aliphatic carbocycles. The van der Waals surface area contributed by atoms with Gasteiger partial charge in [0.05, 0.1) is 5.25 Å². The van der Waals surface area contributed by atoms with Crippen LogP contribution in [0.1, 0.15) is 64.7 Å². The van der Waals surface area contributed by atoms with Gasteiger partial charge in [-0.05, 0) is 24.8 Å². The Morgan fingerprint density at radius 1 is 1.14 bits per heavy atom. The average molecular weight is 338 g/mol. The number of hydrogen-bond donors (Lipinski definition) is 0. The molecule has 0 heterocycles. The van der Waals surface area contributed by atoms with Crippen molar-refractivity contribution in [3.8, 4) is 0 Å². The van der Waals surface area contributed by atoms with Gasteiger partial charge in [0.2, 0.25) is 10.0 Å². The van der Waals surface area contributed by atoms with Gasteiger partial charge < -0.3 is 4.74 Å². The summed E-state index contributed by atoms with van der Waals surface area (Å²) < 4.78 is 31.3. The van der Waals surface area contributed by atoms with Crippen molar-refractivity contribution < 1.29 is 17.9 Å². The third-order valence-corrected chi connectivity index (χ3v) is 7.38. The first-order valence-corrected chi connectivity index (χ1v) is 10.2. The fraction of sp³-hybridized carbons (Fsp3) is 0.929. The van der Waals surface area contributed by atoms with E-state index in [0.29, 0.717) is 6.42 Å². The first-order chi connectivity index (χ1) is 9.98. The van der Waals surface area contributed by atoms with E-state index < -0.39 is 10.0 Å². The monoisotopic (exact) mass is 337 g/mol. The highest BCUT2D eigenvalue weighted by Crippen LogP contribution is 2.26. The SMILES string of the molecule is CCC(=O)OCSN(C)S(=O)(=O)C1CCCCCCCC1. The average Bonchev–Trinajstić information content (AvgIpc) is 2.60. The minimum atomic E-state index is -3.32. The third-order valence-electron chi connectivity index (χ3n) is 3.82. The van der Waals surface area contributed by atoms with Crippen LogP contribution in [0.25, 0.3) is 0 Å². The topological polar surface area (TPSA) is 63.7 Å². The number of rotatable bonds is 6. The van der Waals surface area contributed by atoms with Crippen LogP contribution in [0, 0.1) is 0 Å². The molecule has 0 bridgehead atoms. The van der Waals surface area contributed by atoms with Crippen LogP contribution in [0.2, 0.25) is 0 Å². The predicted octanol–water partition coefficient (Wildman–Crippen LogP) is 3.31. The summed E-state index contributed by atoms with van der Waals surface area (Å²) in [5, 5.41) is -0.296. The zero-order valence-electron chi connectivity index (χ0n) is 13.0. The summed E-state index contributed by atoms with van der Waals surface area (Å²) in [5.74, 6) is -0.259. The van der Waals surface area contributed by atoms with Crippen molar-refractivity contribution in [1.29, 1.82) is 0 Å². The highest BCUT2D eigenvalue weighted by atomic mass is 32.3. The molecule has 1 saturated carbocycles. The maximum Gasteiger partial charge on any atom is 0.306 e. The second-order valence-electron chi connectivity index (χ2n) is 5.39. The van der Waals surface area contributed by atoms with Crippen LogP contribution in [0.5, 0.6) is 0 Å². The Morgan fingerprint density at radius 2 is 1.67 bits per heavy atom. The molecule has 0 radical (unpaired) electrons. The lowest BCUT2D eigenvalue weighted by Crippen LogP contribution is -2.32. The number of nitrogens with zero attached hydrogens (tertiary/aromatic N) is 1. The Balaban J connectivity index is 2.53. The molecule has 124 valence electrons. The summed E-state index contributed by atoms with van der Waals surface area (Å²) in [6, 6.07) is 0. The number of esters is 1. The van der Waals surface area contributed by atoms with Gasteiger partial charge in [-0.2, -0.15) is 0 Å². The zero-order chi connectivity index (χ0) is 15.7. The molecule has 1 aliphatic rings. The van der Waals surface area contributed by atoms with Gasteiger partial charge in [0.1, 0.15) is 0 Å². The number of carbonyl (C=O) groups excluding carboxylic acids is 1. The van der Waals surface area contributed by atoms with Crippen molar-refractivity contribution in [1.82, 2.24) is 3.71 Å². The standard InChI is InChI=1S/C14H27NO4S2/c1-3-14(16)19-12-20-15(2)21(17,18)13-10-8-6-4-5-7-9-11-13/h13H,3-12H2,1-2H3. The van der Waals surface area contributed by atoms with Crippen LogP contribution in [0.15, 0.2) is 0 Å². The second-order valence-corrected chi connectivity index (χ2v) is 8.91. The lowest BCUT2D eigenvalue weighted by Gasteiger charge is -2.23. The molecular weight excluding hydrogens is 310 g/mol. The smallest absolute Gasteiger partial charge is 0.306 e. The Hall–Kier alpha value is -0.270. The fourth-order valence-corrected chi connectivity index (χ4v) is 5.21. The van der Waals surface area contributed by atoms with E-state index in [9.17, 15) is 13.2 Å². The summed E-state index contributed by atoms with van der Waals surface area (Å²) in [6.07, 6.45) is 8.41. The lowest BCUT2D eigenvalue weighted by molar-refractivity contribution is -0.141. The number of carbonyl (C=O) groups is 1. The van der Waals surface area contributed by atoms with Gasteiger partial charge in [-0.15, -0.1) is 3.71 Å². The lowest BCUT2D eigenvalue weighted by atomic mass is 10.1. The molecule has 1 rings (SSSR count). The maximum atomic E-state index is 12.6. The molecule has 0 aliphatic heterocycles. The van der Waals surface area contributed by atoms with Gasteiger partial charge in [-0.3, -0.25) is 4.79 Å². The van der Waals surface area contributed by atoms with Gasteiger partial charge >= 0.3 is 5.97 Å². The van der Waals surface area contributed by atoms with E-state index in [1.165, 1.54) is 16.6 Å². The molecule has 0 atom stereocenters. The van der Waals surface area contributed by atoms with Crippen LogP contribution in [0.4, 0.5) is 0 Å². The van der Waals surface area contributed by atoms with Crippen LogP contribution < -0.4 is 0 Å². The molecule has 0 amide bonds. The molecule has 21 heavy (non-hydrogen) atoms. The van der Waals surface area contributed by atoms with Gasteiger partial charge in [-0.25, -0.2) is 8.42 Å². The van der Waals surface area contributed by atoms with Crippen molar-refractivity contribution in [3.63, 3.8) is 0 Å². The van der Waals surface area contributed by atoms with Crippen LogP contribution in [-0.2, 0) is 19.6 Å². The molecule has 0 aromatic carbocycles. The summed E-state index contributed by atoms with van der Waals surface area (Å²) in [4.78, 5) is 11.1. The second kappa shape index (κ2) is 9.69. The molecule has 0 aromatic heterocycles. The maximum absolute atomic E-state index is 12.6. The molecule has 7 heteroatoms. The van der Waals surface area contributed by atoms with Crippen molar-refractivity contribution in [2.24, 2.45) is 0 Å². The van der Waals surface area contributed by atoms with E-state index in [1.807, 2.05) is 0 Å². The zero-order valence-corrected chi connectivity index (χ0v) is 14.7. The molecule has 0 saturated heterocycles. The number of hydrogen-bond acceptors (Lipinski definition) is 5. The van der Waals surface area contributed by atoms with Crippen molar-refractivity contribution in [3.05, 3.63) is 0 Å². The Morgan fingerprint density at radius 3 is 2.19 bits per heavy atom. The Bertz CT molecular complexity index is 401. The quantitative estimate of drug-likeness (QED) is 0.423. The molecule has 0 unspecified atom stereocenters. The van der Waals surface area contributed by atoms with Crippen LogP contribution >= 0.6 is 11.9 Å². The number of sulfonamides is 1. The first-order valence-electron chi connectivity index (χ1n) is 7.74. The van der Waals surface area contributed by atoms with Gasteiger partial charge in [0.15, 0.2) is 5.94 Å². The molecule has 0 aromatic rings. The van der Waals surface area contributed by atoms with Crippen molar-refractivity contribution in [2.75, 3.05) is 13.0 Å². The normalized spacial score (nSPS) is 18.8. The van der Waals surface area contributed by atoms with E-state index in [2.05, 4.69) is 0 Å². The Kier molecular flexibility index (Phi) is 8.66. The number of ether oxygens (including phenoxy) is 1. The fourth-order valence-electron chi connectivity index (χ4n) is 2.45. The van der Waals surface area contributed by atoms with E-state index in [1.54, 1.807) is 14.0 Å².